The highest BCUT2D eigenvalue weighted by molar-refractivity contribution is 6.11. The minimum Gasteiger partial charge on any atom is -0.490 e. The Balaban J connectivity index is 1.48. The minimum atomic E-state index is -0.200. The second-order valence-corrected chi connectivity index (χ2v) is 9.27. The van der Waals surface area contributed by atoms with Gasteiger partial charge < -0.3 is 19.1 Å². The van der Waals surface area contributed by atoms with Crippen molar-refractivity contribution in [2.24, 2.45) is 16.9 Å². The number of hydrogen-bond donors (Lipinski definition) is 0. The molecule has 5 rings (SSSR count). The van der Waals surface area contributed by atoms with Crippen LogP contribution < -0.4 is 14.5 Å². The van der Waals surface area contributed by atoms with Gasteiger partial charge in [0.15, 0.2) is 11.5 Å². The first kappa shape index (κ1) is 25.0. The lowest BCUT2D eigenvalue weighted by Gasteiger charge is -2.37. The molecule has 3 aliphatic rings. The van der Waals surface area contributed by atoms with Gasteiger partial charge in [0.1, 0.15) is 0 Å². The third kappa shape index (κ3) is 5.11. The average Bonchev–Trinajstić information content (AvgIpc) is 2.95. The highest BCUT2D eigenvalue weighted by Gasteiger charge is 2.40. The predicted octanol–water partition coefficient (Wildman–Crippen LogP) is 4.29. The fraction of sp³-hybridized carbons (Fsp3) is 0.414. The van der Waals surface area contributed by atoms with E-state index >= 15 is 0 Å². The number of morpholine rings is 1. The van der Waals surface area contributed by atoms with Gasteiger partial charge in [-0.3, -0.25) is 9.59 Å². The molecule has 0 bridgehead atoms. The first-order valence-corrected chi connectivity index (χ1v) is 13.0. The second kappa shape index (κ2) is 11.2. The Morgan fingerprint density at radius 2 is 1.62 bits per heavy atom. The third-order valence-electron chi connectivity index (χ3n) is 7.01. The van der Waals surface area contributed by atoms with E-state index in [2.05, 4.69) is 12.2 Å². The van der Waals surface area contributed by atoms with E-state index in [4.69, 9.17) is 19.3 Å². The number of amides is 2. The van der Waals surface area contributed by atoms with Crippen molar-refractivity contribution in [3.05, 3.63) is 65.7 Å². The maximum absolute atomic E-state index is 13.6. The number of hydrogen-bond acceptors (Lipinski definition) is 6. The fourth-order valence-corrected chi connectivity index (χ4v) is 5.14. The third-order valence-corrected chi connectivity index (χ3v) is 7.01. The van der Waals surface area contributed by atoms with Crippen LogP contribution in [0.2, 0.25) is 0 Å². The van der Waals surface area contributed by atoms with Gasteiger partial charge in [0.25, 0.3) is 11.8 Å². The molecule has 194 valence electrons. The molecule has 2 amide bonds. The number of carbonyl (C=O) groups is 2. The van der Waals surface area contributed by atoms with Gasteiger partial charge in [0.2, 0.25) is 0 Å². The van der Waals surface area contributed by atoms with Crippen LogP contribution in [0.4, 0.5) is 5.69 Å². The summed E-state index contributed by atoms with van der Waals surface area (Å²) in [7, 11) is 0. The molecule has 2 heterocycles. The van der Waals surface area contributed by atoms with Gasteiger partial charge in [-0.1, -0.05) is 12.2 Å². The second-order valence-electron chi connectivity index (χ2n) is 9.27. The lowest BCUT2D eigenvalue weighted by atomic mass is 9.76. The lowest BCUT2D eigenvalue weighted by molar-refractivity contribution is -0.123. The van der Waals surface area contributed by atoms with Crippen molar-refractivity contribution in [1.29, 1.82) is 0 Å². The minimum absolute atomic E-state index is 0.0108. The van der Waals surface area contributed by atoms with Crippen molar-refractivity contribution in [3.8, 4) is 11.5 Å². The smallest absolute Gasteiger partial charge is 0.254 e. The van der Waals surface area contributed by atoms with Crippen molar-refractivity contribution in [3.63, 3.8) is 0 Å². The van der Waals surface area contributed by atoms with Gasteiger partial charge in [0.05, 0.1) is 43.7 Å². The molecular weight excluding hydrogens is 470 g/mol. The van der Waals surface area contributed by atoms with Gasteiger partial charge in [-0.15, -0.1) is 0 Å². The monoisotopic (exact) mass is 503 g/mol. The molecule has 2 atom stereocenters. The van der Waals surface area contributed by atoms with Crippen LogP contribution in [0.5, 0.6) is 11.5 Å². The van der Waals surface area contributed by atoms with Crippen LogP contribution in [0, 0.1) is 11.8 Å². The highest BCUT2D eigenvalue weighted by atomic mass is 16.5. The fourth-order valence-electron chi connectivity index (χ4n) is 5.14. The average molecular weight is 504 g/mol. The molecule has 0 spiro atoms. The number of rotatable bonds is 7. The van der Waals surface area contributed by atoms with Gasteiger partial charge in [-0.25, -0.2) is 5.01 Å². The van der Waals surface area contributed by atoms with E-state index in [1.165, 1.54) is 5.01 Å². The maximum atomic E-state index is 13.6. The van der Waals surface area contributed by atoms with E-state index in [-0.39, 0.29) is 23.7 Å². The summed E-state index contributed by atoms with van der Waals surface area (Å²) in [4.78, 5) is 28.2. The molecule has 2 aromatic carbocycles. The zero-order valence-corrected chi connectivity index (χ0v) is 21.4. The Hall–Kier alpha value is -3.65. The molecule has 1 saturated heterocycles. The summed E-state index contributed by atoms with van der Waals surface area (Å²) in [5.41, 5.74) is 3.00. The molecule has 8 nitrogen and oxygen atoms in total. The summed E-state index contributed by atoms with van der Waals surface area (Å²) >= 11 is 0. The van der Waals surface area contributed by atoms with Gasteiger partial charge in [-0.05, 0) is 69.2 Å². The summed E-state index contributed by atoms with van der Waals surface area (Å²) in [6, 6.07) is 13.0. The van der Waals surface area contributed by atoms with Crippen molar-refractivity contribution < 1.29 is 23.8 Å². The molecule has 2 aliphatic heterocycles. The Labute approximate surface area is 217 Å². The number of benzene rings is 2. The molecule has 2 aromatic rings. The van der Waals surface area contributed by atoms with Crippen LogP contribution >= 0.6 is 0 Å². The van der Waals surface area contributed by atoms with Crippen LogP contribution in [-0.4, -0.2) is 61.9 Å². The van der Waals surface area contributed by atoms with Gasteiger partial charge >= 0.3 is 0 Å². The summed E-state index contributed by atoms with van der Waals surface area (Å²) in [5.74, 6) is 1.10. The van der Waals surface area contributed by atoms with E-state index in [9.17, 15) is 9.59 Å². The molecule has 8 heteroatoms. The van der Waals surface area contributed by atoms with Crippen molar-refractivity contribution in [2.75, 3.05) is 44.5 Å². The molecule has 1 fully saturated rings. The number of nitrogens with zero attached hydrogens (tertiary/aromatic N) is 3. The molecule has 0 aromatic heterocycles. The van der Waals surface area contributed by atoms with Crippen LogP contribution in [0.1, 0.15) is 42.6 Å². The molecule has 0 N–H and O–H groups in total. The van der Waals surface area contributed by atoms with Gasteiger partial charge in [0, 0.05) is 30.1 Å². The van der Waals surface area contributed by atoms with Crippen LogP contribution in [-0.2, 0) is 9.53 Å². The Bertz CT molecular complexity index is 1200. The number of ether oxygens (including phenoxy) is 3. The summed E-state index contributed by atoms with van der Waals surface area (Å²) in [6.07, 6.45) is 5.63. The molecule has 1 aliphatic carbocycles. The molecule has 2 unspecified atom stereocenters. The number of carbonyl (C=O) groups excluding carboxylic acids is 2. The van der Waals surface area contributed by atoms with Crippen molar-refractivity contribution in [2.45, 2.75) is 26.7 Å². The maximum Gasteiger partial charge on any atom is 0.254 e. The number of allylic oxidation sites excluding steroid dienone is 2. The van der Waals surface area contributed by atoms with Crippen molar-refractivity contribution in [1.82, 2.24) is 4.90 Å². The largest absolute Gasteiger partial charge is 0.490 e. The summed E-state index contributed by atoms with van der Waals surface area (Å²) in [6.45, 7) is 7.22. The normalized spacial score (nSPS) is 21.4. The zero-order valence-electron chi connectivity index (χ0n) is 21.4. The SMILES string of the molecule is CCOc1ccc(C2=NN(c3ccc(C(=O)N4CCOCC4)cc3)C(=O)C3CC=CCC23)cc1OCC. The molecule has 0 saturated carbocycles. The van der Waals surface area contributed by atoms with E-state index in [1.54, 1.807) is 29.2 Å². The van der Waals surface area contributed by atoms with Gasteiger partial charge in [-0.2, -0.15) is 5.10 Å². The van der Waals surface area contributed by atoms with E-state index in [1.807, 2.05) is 32.0 Å². The summed E-state index contributed by atoms with van der Waals surface area (Å²) < 4.78 is 17.0. The standard InChI is InChI=1S/C29H33N3O5/c1-3-36-25-14-11-21(19-26(25)37-4-2)27-23-7-5-6-8-24(23)29(34)32(30-27)22-12-9-20(10-13-22)28(33)31-15-17-35-18-16-31/h5-6,9-14,19,23-24H,3-4,7-8,15-18H2,1-2H3. The quantitative estimate of drug-likeness (QED) is 0.527. The molecular formula is C29H33N3O5. The Morgan fingerprint density at radius 3 is 2.32 bits per heavy atom. The van der Waals surface area contributed by atoms with E-state index in [0.29, 0.717) is 68.7 Å². The molecule has 0 radical (unpaired) electrons. The Kier molecular flexibility index (Phi) is 7.55. The number of anilines is 1. The number of hydrazone groups is 1. The zero-order chi connectivity index (χ0) is 25.8. The molecule has 37 heavy (non-hydrogen) atoms. The summed E-state index contributed by atoms with van der Waals surface area (Å²) in [5, 5.41) is 6.38. The van der Waals surface area contributed by atoms with Crippen LogP contribution in [0.15, 0.2) is 59.7 Å². The predicted molar refractivity (Wildman–Crippen MR) is 141 cm³/mol. The highest BCUT2D eigenvalue weighted by Crippen LogP contribution is 2.38. The van der Waals surface area contributed by atoms with Crippen molar-refractivity contribution >= 4 is 23.2 Å². The first-order valence-electron chi connectivity index (χ1n) is 13.0. The lowest BCUT2D eigenvalue weighted by Crippen LogP contribution is -2.45. The van der Waals surface area contributed by atoms with E-state index in [0.717, 1.165) is 17.7 Å². The Morgan fingerprint density at radius 1 is 0.946 bits per heavy atom. The van der Waals surface area contributed by atoms with E-state index < -0.39 is 0 Å². The first-order chi connectivity index (χ1) is 18.1. The van der Waals surface area contributed by atoms with Crippen LogP contribution in [0.3, 0.4) is 0 Å². The van der Waals surface area contributed by atoms with Crippen LogP contribution in [0.25, 0.3) is 0 Å². The number of fused-ring (bicyclic) bond motifs is 1. The topological polar surface area (TPSA) is 80.7 Å².